The van der Waals surface area contributed by atoms with Crippen LogP contribution in [0.2, 0.25) is 5.02 Å². The van der Waals surface area contributed by atoms with Crippen LogP contribution in [-0.2, 0) is 9.53 Å². The van der Waals surface area contributed by atoms with E-state index in [1.807, 2.05) is 53.1 Å². The molecule has 0 radical (unpaired) electrons. The molecule has 8 nitrogen and oxygen atoms in total. The molecule has 2 aromatic carbocycles. The predicted octanol–water partition coefficient (Wildman–Crippen LogP) is 6.13. The first-order chi connectivity index (χ1) is 17.9. The lowest BCUT2D eigenvalue weighted by Crippen LogP contribution is -2.12. The number of carbonyl (C=O) groups is 2. The number of aromatic nitrogens is 3. The van der Waals surface area contributed by atoms with Crippen LogP contribution < -0.4 is 5.32 Å². The van der Waals surface area contributed by atoms with Crippen LogP contribution in [-0.4, -0.2) is 39.0 Å². The van der Waals surface area contributed by atoms with Gasteiger partial charge >= 0.3 is 5.97 Å². The van der Waals surface area contributed by atoms with Crippen molar-refractivity contribution in [2.75, 3.05) is 17.7 Å². The third-order valence-corrected chi connectivity index (χ3v) is 7.74. The van der Waals surface area contributed by atoms with Gasteiger partial charge in [0.25, 0.3) is 0 Å². The highest BCUT2D eigenvalue weighted by Crippen LogP contribution is 2.34. The summed E-state index contributed by atoms with van der Waals surface area (Å²) in [4.78, 5) is 25.2. The summed E-state index contributed by atoms with van der Waals surface area (Å²) in [7, 11) is 0. The number of hydrogen-bond acceptors (Lipinski definition) is 8. The molecule has 2 aromatic heterocycles. The molecule has 0 fully saturated rings. The van der Waals surface area contributed by atoms with E-state index in [0.717, 1.165) is 22.6 Å². The summed E-state index contributed by atoms with van der Waals surface area (Å²) >= 11 is 8.86. The Hall–Kier alpha value is -3.65. The molecule has 1 amide bonds. The van der Waals surface area contributed by atoms with Gasteiger partial charge in [0.2, 0.25) is 5.91 Å². The van der Waals surface area contributed by atoms with Crippen LogP contribution in [0.3, 0.4) is 0 Å². The summed E-state index contributed by atoms with van der Waals surface area (Å²) < 4.78 is 6.96. The van der Waals surface area contributed by atoms with Gasteiger partial charge in [-0.1, -0.05) is 53.7 Å². The second-order valence-corrected chi connectivity index (χ2v) is 10.2. The van der Waals surface area contributed by atoms with Gasteiger partial charge in [-0.3, -0.25) is 9.36 Å². The molecule has 188 valence electrons. The zero-order chi connectivity index (χ0) is 26.4. The first kappa shape index (κ1) is 26.4. The molecule has 1 N–H and O–H groups in total. The van der Waals surface area contributed by atoms with Crippen LogP contribution in [0.4, 0.5) is 5.00 Å². The van der Waals surface area contributed by atoms with E-state index in [4.69, 9.17) is 16.3 Å². The molecular weight excluding hydrogens is 530 g/mol. The molecule has 0 aliphatic carbocycles. The van der Waals surface area contributed by atoms with Gasteiger partial charge < -0.3 is 10.1 Å². The predicted molar refractivity (Wildman–Crippen MR) is 146 cm³/mol. The number of carbonyl (C=O) groups excluding carboxylic acids is 2. The summed E-state index contributed by atoms with van der Waals surface area (Å²) in [6.45, 7) is 3.60. The van der Waals surface area contributed by atoms with Gasteiger partial charge in [-0.2, -0.15) is 5.26 Å². The molecule has 11 heteroatoms. The van der Waals surface area contributed by atoms with E-state index in [1.165, 1.54) is 11.8 Å². The first-order valence-corrected chi connectivity index (χ1v) is 13.5. The van der Waals surface area contributed by atoms with E-state index in [0.29, 0.717) is 37.2 Å². The van der Waals surface area contributed by atoms with Crippen LogP contribution in [0, 0.1) is 18.3 Å². The Balaban J connectivity index is 1.50. The number of rotatable bonds is 9. The fourth-order valence-corrected chi connectivity index (χ4v) is 5.72. The molecular formula is C26H22ClN5O3S2. The number of nitrogens with zero attached hydrogens (tertiary/aromatic N) is 4. The van der Waals surface area contributed by atoms with Crippen molar-refractivity contribution in [2.24, 2.45) is 0 Å². The molecule has 4 rings (SSSR count). The number of nitriles is 1. The lowest BCUT2D eigenvalue weighted by molar-refractivity contribution is -0.115. The highest BCUT2D eigenvalue weighted by Gasteiger charge is 2.23. The van der Waals surface area contributed by atoms with Crippen molar-refractivity contribution in [2.45, 2.75) is 25.4 Å². The van der Waals surface area contributed by atoms with Gasteiger partial charge in [0, 0.05) is 23.4 Å². The zero-order valence-electron chi connectivity index (χ0n) is 20.0. The second kappa shape index (κ2) is 12.1. The highest BCUT2D eigenvalue weighted by molar-refractivity contribution is 7.99. The molecule has 0 saturated carbocycles. The van der Waals surface area contributed by atoms with Gasteiger partial charge in [-0.25, -0.2) is 4.79 Å². The number of para-hydroxylation sites is 1. The fourth-order valence-electron chi connectivity index (χ4n) is 3.54. The largest absolute Gasteiger partial charge is 0.462 e. The van der Waals surface area contributed by atoms with Gasteiger partial charge in [0.1, 0.15) is 15.9 Å². The van der Waals surface area contributed by atoms with Gasteiger partial charge in [-0.05, 0) is 43.7 Å². The van der Waals surface area contributed by atoms with E-state index in [1.54, 1.807) is 19.9 Å². The summed E-state index contributed by atoms with van der Waals surface area (Å²) in [5.74, 6) is 0.226. The standard InChI is InChI=1S/C26H22ClN5O3S2/c1-3-35-25(34)22-16(2)19(15-28)24(37-22)29-21(33)13-14-36-26-31-30-23(18-11-7-8-12-20(18)27)32(26)17-9-5-4-6-10-17/h4-12H,3,13-14H2,1-2H3,(H,29,33). The number of benzene rings is 2. The van der Waals surface area contributed by atoms with E-state index < -0.39 is 5.97 Å². The summed E-state index contributed by atoms with van der Waals surface area (Å²) in [5.41, 5.74) is 2.38. The monoisotopic (exact) mass is 551 g/mol. The Morgan fingerprint density at radius 2 is 1.89 bits per heavy atom. The molecule has 0 spiro atoms. The number of ether oxygens (including phenoxy) is 1. The number of amides is 1. The number of hydrogen-bond donors (Lipinski definition) is 1. The number of nitrogens with one attached hydrogen (secondary N) is 1. The van der Waals surface area contributed by atoms with Crippen LogP contribution in [0.25, 0.3) is 17.1 Å². The normalized spacial score (nSPS) is 10.6. The van der Waals surface area contributed by atoms with E-state index in [2.05, 4.69) is 21.6 Å². The molecule has 0 aliphatic heterocycles. The minimum atomic E-state index is -0.507. The van der Waals surface area contributed by atoms with Crippen molar-refractivity contribution in [3.63, 3.8) is 0 Å². The average Bonchev–Trinajstić information content (AvgIpc) is 3.45. The van der Waals surface area contributed by atoms with E-state index in [-0.39, 0.29) is 24.5 Å². The molecule has 0 saturated heterocycles. The number of thioether (sulfide) groups is 1. The minimum Gasteiger partial charge on any atom is -0.462 e. The molecule has 2 heterocycles. The van der Waals surface area contributed by atoms with Crippen LogP contribution in [0.5, 0.6) is 0 Å². The second-order valence-electron chi connectivity index (χ2n) is 7.70. The summed E-state index contributed by atoms with van der Waals surface area (Å²) in [5, 5.41) is 22.6. The Kier molecular flexibility index (Phi) is 8.61. The Bertz CT molecular complexity index is 1480. The molecule has 37 heavy (non-hydrogen) atoms. The molecule has 0 atom stereocenters. The lowest BCUT2D eigenvalue weighted by atomic mass is 10.2. The summed E-state index contributed by atoms with van der Waals surface area (Å²) in [6, 6.07) is 19.2. The maximum absolute atomic E-state index is 12.7. The Labute approximate surface area is 227 Å². The first-order valence-electron chi connectivity index (χ1n) is 11.3. The SMILES string of the molecule is CCOC(=O)c1sc(NC(=O)CCSc2nnc(-c3ccccc3Cl)n2-c2ccccc2)c(C#N)c1C. The fraction of sp³-hybridized carbons (Fsp3) is 0.192. The third-order valence-electron chi connectivity index (χ3n) is 5.30. The van der Waals surface area contributed by atoms with Crippen molar-refractivity contribution in [3.05, 3.63) is 75.6 Å². The lowest BCUT2D eigenvalue weighted by Gasteiger charge is -2.11. The van der Waals surface area contributed by atoms with Crippen LogP contribution in [0.1, 0.15) is 34.1 Å². The maximum Gasteiger partial charge on any atom is 0.348 e. The topological polar surface area (TPSA) is 110 Å². The van der Waals surface area contributed by atoms with Crippen molar-refractivity contribution >= 4 is 51.6 Å². The Morgan fingerprint density at radius 1 is 1.16 bits per heavy atom. The number of anilines is 1. The van der Waals surface area contributed by atoms with Crippen molar-refractivity contribution < 1.29 is 14.3 Å². The third kappa shape index (κ3) is 5.85. The Morgan fingerprint density at radius 3 is 2.59 bits per heavy atom. The zero-order valence-corrected chi connectivity index (χ0v) is 22.4. The van der Waals surface area contributed by atoms with Crippen molar-refractivity contribution in [1.82, 2.24) is 14.8 Å². The molecule has 0 bridgehead atoms. The molecule has 0 unspecified atom stereocenters. The number of esters is 1. The maximum atomic E-state index is 12.7. The minimum absolute atomic E-state index is 0.157. The quantitative estimate of drug-likeness (QED) is 0.197. The van der Waals surface area contributed by atoms with Crippen LogP contribution >= 0.6 is 34.7 Å². The van der Waals surface area contributed by atoms with Crippen LogP contribution in [0.15, 0.2) is 59.8 Å². The summed E-state index contributed by atoms with van der Waals surface area (Å²) in [6.07, 6.45) is 0.157. The molecule has 4 aromatic rings. The van der Waals surface area contributed by atoms with Gasteiger partial charge in [0.05, 0.1) is 17.2 Å². The smallest absolute Gasteiger partial charge is 0.348 e. The van der Waals surface area contributed by atoms with Crippen molar-refractivity contribution in [3.8, 4) is 23.1 Å². The van der Waals surface area contributed by atoms with E-state index in [9.17, 15) is 14.9 Å². The van der Waals surface area contributed by atoms with Gasteiger partial charge in [-0.15, -0.1) is 21.5 Å². The van der Waals surface area contributed by atoms with E-state index >= 15 is 0 Å². The van der Waals surface area contributed by atoms with Crippen molar-refractivity contribution in [1.29, 1.82) is 5.26 Å². The molecule has 0 aliphatic rings. The van der Waals surface area contributed by atoms with Gasteiger partial charge in [0.15, 0.2) is 11.0 Å². The highest BCUT2D eigenvalue weighted by atomic mass is 35.5. The number of thiophene rings is 1. The number of halogens is 1. The average molecular weight is 552 g/mol.